The molecule has 0 fully saturated rings. The van der Waals surface area contributed by atoms with Gasteiger partial charge in [-0.05, 0) is 31.2 Å². The number of nitrogens with one attached hydrogen (secondary N) is 2. The number of ether oxygens (including phenoxy) is 1. The normalized spacial score (nSPS) is 16.7. The smallest absolute Gasteiger partial charge is 0.338 e. The summed E-state index contributed by atoms with van der Waals surface area (Å²) in [5.74, 6) is 0.0173. The van der Waals surface area contributed by atoms with E-state index in [-0.39, 0.29) is 12.6 Å². The number of esters is 1. The standard InChI is InChI=1S/C21H25N3O4/c1-3-24(13-15-9-6-5-7-10-15)14-16-18(20(25)27-4-2)19(23-21(26)22-16)17-11-8-12-28-17/h5-12,19H,3-4,13-14H2,1-2H3,(H2,22,23,26). The van der Waals surface area contributed by atoms with Crippen molar-refractivity contribution in [3.8, 4) is 0 Å². The minimum atomic E-state index is -0.687. The van der Waals surface area contributed by atoms with Gasteiger partial charge in [-0.1, -0.05) is 37.3 Å². The monoisotopic (exact) mass is 383 g/mol. The SMILES string of the molecule is CCOC(=O)C1=C(CN(CC)Cc2ccccc2)NC(=O)NC1c1ccco1. The second-order valence-electron chi connectivity index (χ2n) is 6.45. The highest BCUT2D eigenvalue weighted by molar-refractivity contribution is 5.95. The van der Waals surface area contributed by atoms with Crippen molar-refractivity contribution in [3.05, 3.63) is 71.3 Å². The molecule has 2 amide bonds. The number of hydrogen-bond acceptors (Lipinski definition) is 5. The van der Waals surface area contributed by atoms with Crippen molar-refractivity contribution in [3.63, 3.8) is 0 Å². The number of amides is 2. The first-order valence-electron chi connectivity index (χ1n) is 9.39. The van der Waals surface area contributed by atoms with Gasteiger partial charge in [-0.3, -0.25) is 4.90 Å². The number of carbonyl (C=O) groups is 2. The topological polar surface area (TPSA) is 83.8 Å². The lowest BCUT2D eigenvalue weighted by Crippen LogP contribution is -2.48. The molecule has 1 atom stereocenters. The highest BCUT2D eigenvalue weighted by Gasteiger charge is 2.35. The van der Waals surface area contributed by atoms with Gasteiger partial charge in [-0.15, -0.1) is 0 Å². The molecule has 3 rings (SSSR count). The lowest BCUT2D eigenvalue weighted by molar-refractivity contribution is -0.139. The van der Waals surface area contributed by atoms with Crippen LogP contribution in [-0.2, 0) is 16.1 Å². The Bertz CT molecular complexity index is 831. The molecule has 1 aliphatic rings. The summed E-state index contributed by atoms with van der Waals surface area (Å²) in [6.07, 6.45) is 1.51. The minimum Gasteiger partial charge on any atom is -0.467 e. The average molecular weight is 383 g/mol. The molecule has 2 heterocycles. The van der Waals surface area contributed by atoms with Crippen molar-refractivity contribution in [2.45, 2.75) is 26.4 Å². The molecule has 2 aromatic rings. The van der Waals surface area contributed by atoms with Crippen LogP contribution in [0, 0.1) is 0 Å². The van der Waals surface area contributed by atoms with Gasteiger partial charge in [-0.25, -0.2) is 9.59 Å². The Morgan fingerprint density at radius 3 is 2.57 bits per heavy atom. The first-order valence-corrected chi connectivity index (χ1v) is 9.39. The Balaban J connectivity index is 1.92. The Kier molecular flexibility index (Phi) is 6.49. The van der Waals surface area contributed by atoms with Crippen LogP contribution in [0.3, 0.4) is 0 Å². The molecule has 0 saturated heterocycles. The van der Waals surface area contributed by atoms with Crippen LogP contribution in [-0.4, -0.2) is 36.6 Å². The molecule has 28 heavy (non-hydrogen) atoms. The first-order chi connectivity index (χ1) is 13.6. The molecule has 1 aliphatic heterocycles. The number of hydrogen-bond donors (Lipinski definition) is 2. The van der Waals surface area contributed by atoms with E-state index in [1.807, 2.05) is 25.1 Å². The number of carbonyl (C=O) groups excluding carboxylic acids is 2. The average Bonchev–Trinajstić information content (AvgIpc) is 3.22. The van der Waals surface area contributed by atoms with Crippen molar-refractivity contribution >= 4 is 12.0 Å². The van der Waals surface area contributed by atoms with Crippen LogP contribution in [0.2, 0.25) is 0 Å². The molecule has 7 heteroatoms. The zero-order valence-electron chi connectivity index (χ0n) is 16.1. The number of nitrogens with zero attached hydrogens (tertiary/aromatic N) is 1. The second kappa shape index (κ2) is 9.23. The summed E-state index contributed by atoms with van der Waals surface area (Å²) in [7, 11) is 0. The van der Waals surface area contributed by atoms with Crippen molar-refractivity contribution < 1.29 is 18.7 Å². The highest BCUT2D eigenvalue weighted by Crippen LogP contribution is 2.28. The molecule has 0 bridgehead atoms. The summed E-state index contributed by atoms with van der Waals surface area (Å²) >= 11 is 0. The fourth-order valence-electron chi connectivity index (χ4n) is 3.21. The van der Waals surface area contributed by atoms with E-state index in [1.165, 1.54) is 6.26 Å². The van der Waals surface area contributed by atoms with Crippen LogP contribution >= 0.6 is 0 Å². The van der Waals surface area contributed by atoms with Crippen LogP contribution < -0.4 is 10.6 Å². The number of furan rings is 1. The quantitative estimate of drug-likeness (QED) is 0.685. The van der Waals surface area contributed by atoms with Gasteiger partial charge in [0.15, 0.2) is 0 Å². The molecule has 2 N–H and O–H groups in total. The molecule has 1 aromatic carbocycles. The summed E-state index contributed by atoms with van der Waals surface area (Å²) < 4.78 is 10.7. The second-order valence-corrected chi connectivity index (χ2v) is 6.45. The zero-order valence-corrected chi connectivity index (χ0v) is 16.1. The summed E-state index contributed by atoms with van der Waals surface area (Å²) in [6.45, 7) is 5.90. The highest BCUT2D eigenvalue weighted by atomic mass is 16.5. The predicted octanol–water partition coefficient (Wildman–Crippen LogP) is 2.97. The largest absolute Gasteiger partial charge is 0.467 e. The van der Waals surface area contributed by atoms with E-state index >= 15 is 0 Å². The molecule has 1 aromatic heterocycles. The van der Waals surface area contributed by atoms with Crippen molar-refractivity contribution in [1.29, 1.82) is 0 Å². The van der Waals surface area contributed by atoms with E-state index in [1.54, 1.807) is 19.1 Å². The summed E-state index contributed by atoms with van der Waals surface area (Å²) in [4.78, 5) is 27.1. The van der Waals surface area contributed by atoms with E-state index in [9.17, 15) is 9.59 Å². The van der Waals surface area contributed by atoms with Gasteiger partial charge in [-0.2, -0.15) is 0 Å². The van der Waals surface area contributed by atoms with E-state index in [2.05, 4.69) is 27.7 Å². The number of rotatable bonds is 8. The number of urea groups is 1. The van der Waals surface area contributed by atoms with Gasteiger partial charge in [0.05, 0.1) is 18.4 Å². The van der Waals surface area contributed by atoms with E-state index in [0.29, 0.717) is 30.1 Å². The minimum absolute atomic E-state index is 0.246. The van der Waals surface area contributed by atoms with Crippen molar-refractivity contribution in [2.24, 2.45) is 0 Å². The molecular weight excluding hydrogens is 358 g/mol. The van der Waals surface area contributed by atoms with E-state index in [0.717, 1.165) is 12.1 Å². The summed E-state index contributed by atoms with van der Waals surface area (Å²) in [5, 5.41) is 5.55. The summed E-state index contributed by atoms with van der Waals surface area (Å²) in [6, 6.07) is 12.5. The third-order valence-corrected chi connectivity index (χ3v) is 4.55. The molecule has 0 aliphatic carbocycles. The summed E-state index contributed by atoms with van der Waals surface area (Å²) in [5.41, 5.74) is 2.05. The van der Waals surface area contributed by atoms with Crippen LogP contribution in [0.15, 0.2) is 64.4 Å². The van der Waals surface area contributed by atoms with Crippen LogP contribution in [0.4, 0.5) is 4.79 Å². The van der Waals surface area contributed by atoms with Crippen molar-refractivity contribution in [1.82, 2.24) is 15.5 Å². The Hall–Kier alpha value is -3.06. The molecule has 1 unspecified atom stereocenters. The van der Waals surface area contributed by atoms with E-state index in [4.69, 9.17) is 9.15 Å². The van der Waals surface area contributed by atoms with Crippen LogP contribution in [0.1, 0.15) is 31.2 Å². The molecule has 0 radical (unpaired) electrons. The first kappa shape index (κ1) is 19.7. The maximum absolute atomic E-state index is 12.7. The Morgan fingerprint density at radius 1 is 1.14 bits per heavy atom. The van der Waals surface area contributed by atoms with Gasteiger partial charge in [0.2, 0.25) is 0 Å². The van der Waals surface area contributed by atoms with Gasteiger partial charge in [0.1, 0.15) is 11.8 Å². The number of likely N-dealkylation sites (N-methyl/N-ethyl adjacent to an activating group) is 1. The van der Waals surface area contributed by atoms with Crippen LogP contribution in [0.25, 0.3) is 0 Å². The Morgan fingerprint density at radius 2 is 1.93 bits per heavy atom. The molecule has 0 saturated carbocycles. The maximum Gasteiger partial charge on any atom is 0.338 e. The lowest BCUT2D eigenvalue weighted by Gasteiger charge is -2.30. The predicted molar refractivity (Wildman–Crippen MR) is 104 cm³/mol. The zero-order chi connectivity index (χ0) is 19.9. The molecule has 0 spiro atoms. The third-order valence-electron chi connectivity index (χ3n) is 4.55. The third kappa shape index (κ3) is 4.61. The van der Waals surface area contributed by atoms with Crippen molar-refractivity contribution in [2.75, 3.05) is 19.7 Å². The molecule has 7 nitrogen and oxygen atoms in total. The van der Waals surface area contributed by atoms with Gasteiger partial charge < -0.3 is 19.8 Å². The maximum atomic E-state index is 12.7. The van der Waals surface area contributed by atoms with Gasteiger partial charge in [0.25, 0.3) is 0 Å². The van der Waals surface area contributed by atoms with Gasteiger partial charge in [0, 0.05) is 18.8 Å². The fraction of sp³-hybridized carbons (Fsp3) is 0.333. The molecular formula is C21H25N3O4. The van der Waals surface area contributed by atoms with Gasteiger partial charge >= 0.3 is 12.0 Å². The van der Waals surface area contributed by atoms with Crippen LogP contribution in [0.5, 0.6) is 0 Å². The lowest BCUT2D eigenvalue weighted by atomic mass is 9.99. The molecule has 148 valence electrons. The fourth-order valence-corrected chi connectivity index (χ4v) is 3.21. The Labute approximate surface area is 164 Å². The number of benzene rings is 1. The van der Waals surface area contributed by atoms with E-state index < -0.39 is 12.0 Å².